The van der Waals surface area contributed by atoms with Crippen LogP contribution < -0.4 is 5.32 Å². The molecule has 6 heteroatoms. The Morgan fingerprint density at radius 1 is 0.917 bits per heavy atom. The van der Waals surface area contributed by atoms with Crippen LogP contribution in [-0.2, 0) is 16.8 Å². The molecule has 0 aliphatic rings. The molecule has 0 atom stereocenters. The van der Waals surface area contributed by atoms with Crippen molar-refractivity contribution in [2.45, 2.75) is 0 Å². The van der Waals surface area contributed by atoms with Crippen molar-refractivity contribution in [2.75, 3.05) is 5.32 Å². The van der Waals surface area contributed by atoms with E-state index in [-0.39, 0.29) is 27.8 Å². The maximum Gasteiger partial charge on any atom is 0.258 e. The number of halogens is 2. The normalized spacial score (nSPS) is 9.92. The van der Waals surface area contributed by atoms with Gasteiger partial charge in [-0.05, 0) is 35.9 Å². The quantitative estimate of drug-likeness (QED) is 0.604. The van der Waals surface area contributed by atoms with E-state index in [1.807, 2.05) is 48.5 Å². The Bertz CT molecular complexity index is 854. The molecule has 1 N–H and O–H groups in total. The fourth-order valence-corrected chi connectivity index (χ4v) is 2.55. The van der Waals surface area contributed by atoms with E-state index in [1.54, 1.807) is 18.3 Å². The Balaban J connectivity index is 0.00000208. The van der Waals surface area contributed by atoms with Gasteiger partial charge in [0.25, 0.3) is 5.91 Å². The SMILES string of the molecule is O=C(Nc1ccccc1-c1ccc(Cl)cc1)c1cccnc1Cl.[Co]. The van der Waals surface area contributed by atoms with Gasteiger partial charge in [-0.3, -0.25) is 4.79 Å². The molecule has 0 fully saturated rings. The number of anilines is 1. The number of carbonyl (C=O) groups excluding carboxylic acids is 1. The van der Waals surface area contributed by atoms with Gasteiger partial charge in [0, 0.05) is 39.2 Å². The number of aromatic nitrogens is 1. The van der Waals surface area contributed by atoms with Gasteiger partial charge in [0.2, 0.25) is 0 Å². The molecule has 1 aromatic heterocycles. The standard InChI is InChI=1S/C18H12Cl2N2O.Co/c19-13-9-7-12(8-10-13)14-4-1-2-6-16(14)22-18(23)15-5-3-11-21-17(15)20;/h1-11H,(H,22,23);. The van der Waals surface area contributed by atoms with E-state index in [2.05, 4.69) is 10.3 Å². The van der Waals surface area contributed by atoms with Crippen LogP contribution in [-0.4, -0.2) is 10.9 Å². The molecule has 3 nitrogen and oxygen atoms in total. The van der Waals surface area contributed by atoms with Gasteiger partial charge in [-0.2, -0.15) is 0 Å². The first-order valence-corrected chi connectivity index (χ1v) is 7.67. The van der Waals surface area contributed by atoms with Crippen molar-refractivity contribution < 1.29 is 21.6 Å². The van der Waals surface area contributed by atoms with E-state index < -0.39 is 0 Å². The van der Waals surface area contributed by atoms with Gasteiger partial charge in [0.05, 0.1) is 5.56 Å². The number of rotatable bonds is 3. The van der Waals surface area contributed by atoms with Crippen molar-refractivity contribution in [1.29, 1.82) is 0 Å². The van der Waals surface area contributed by atoms with Crippen molar-refractivity contribution in [2.24, 2.45) is 0 Å². The number of carbonyl (C=O) groups is 1. The van der Waals surface area contributed by atoms with Gasteiger partial charge in [0.1, 0.15) is 5.15 Å². The average molecular weight is 402 g/mol. The molecule has 0 spiro atoms. The smallest absolute Gasteiger partial charge is 0.258 e. The van der Waals surface area contributed by atoms with Crippen LogP contribution >= 0.6 is 23.2 Å². The van der Waals surface area contributed by atoms with Crippen molar-refractivity contribution in [3.63, 3.8) is 0 Å². The molecular formula is C18H12Cl2CoN2O. The van der Waals surface area contributed by atoms with Crippen LogP contribution in [0.15, 0.2) is 66.9 Å². The third kappa shape index (κ3) is 4.16. The Morgan fingerprint density at radius 3 is 2.33 bits per heavy atom. The second kappa shape index (κ2) is 8.31. The summed E-state index contributed by atoms with van der Waals surface area (Å²) in [6, 6.07) is 18.3. The van der Waals surface area contributed by atoms with Crippen LogP contribution in [0.1, 0.15) is 10.4 Å². The topological polar surface area (TPSA) is 42.0 Å². The van der Waals surface area contributed by atoms with Gasteiger partial charge >= 0.3 is 0 Å². The second-order valence-corrected chi connectivity index (χ2v) is 5.64. The molecule has 3 aromatic rings. The molecule has 1 amide bonds. The molecule has 123 valence electrons. The zero-order chi connectivity index (χ0) is 16.2. The van der Waals surface area contributed by atoms with Gasteiger partial charge in [-0.15, -0.1) is 0 Å². The number of hydrogen-bond acceptors (Lipinski definition) is 2. The van der Waals surface area contributed by atoms with Crippen molar-refractivity contribution >= 4 is 34.8 Å². The Kier molecular flexibility index (Phi) is 6.40. The molecule has 0 aliphatic heterocycles. The fraction of sp³-hybridized carbons (Fsp3) is 0. The Hall–Kier alpha value is -1.85. The van der Waals surface area contributed by atoms with Gasteiger partial charge < -0.3 is 5.32 Å². The van der Waals surface area contributed by atoms with Crippen molar-refractivity contribution in [3.8, 4) is 11.1 Å². The number of amides is 1. The van der Waals surface area contributed by atoms with Crippen molar-refractivity contribution in [3.05, 3.63) is 82.6 Å². The van der Waals surface area contributed by atoms with E-state index in [0.29, 0.717) is 16.3 Å². The minimum absolute atomic E-state index is 0. The summed E-state index contributed by atoms with van der Waals surface area (Å²) in [7, 11) is 0. The molecule has 0 unspecified atom stereocenters. The van der Waals surface area contributed by atoms with Crippen LogP contribution in [0.4, 0.5) is 5.69 Å². The fourth-order valence-electron chi connectivity index (χ4n) is 2.22. The number of nitrogens with one attached hydrogen (secondary N) is 1. The Morgan fingerprint density at radius 2 is 1.62 bits per heavy atom. The molecule has 0 saturated heterocycles. The number of para-hydroxylation sites is 1. The second-order valence-electron chi connectivity index (χ2n) is 4.85. The predicted octanol–water partition coefficient (Wildman–Crippen LogP) is 5.31. The molecule has 1 heterocycles. The first kappa shape index (κ1) is 18.5. The Labute approximate surface area is 160 Å². The number of nitrogens with zero attached hydrogens (tertiary/aromatic N) is 1. The summed E-state index contributed by atoms with van der Waals surface area (Å²) < 4.78 is 0. The number of pyridine rings is 1. The van der Waals surface area contributed by atoms with Crippen LogP contribution in [0.25, 0.3) is 11.1 Å². The van der Waals surface area contributed by atoms with Crippen LogP contribution in [0.3, 0.4) is 0 Å². The minimum Gasteiger partial charge on any atom is -0.321 e. The number of benzene rings is 2. The summed E-state index contributed by atoms with van der Waals surface area (Å²) in [6.07, 6.45) is 1.54. The van der Waals surface area contributed by atoms with E-state index in [1.165, 1.54) is 0 Å². The number of hydrogen-bond donors (Lipinski definition) is 1. The molecule has 0 aliphatic carbocycles. The molecule has 0 bridgehead atoms. The molecule has 3 rings (SSSR count). The van der Waals surface area contributed by atoms with E-state index in [0.717, 1.165) is 11.1 Å². The molecular weight excluding hydrogens is 390 g/mol. The van der Waals surface area contributed by atoms with Crippen LogP contribution in [0.5, 0.6) is 0 Å². The average Bonchev–Trinajstić information content (AvgIpc) is 2.56. The van der Waals surface area contributed by atoms with Gasteiger partial charge in [-0.25, -0.2) is 4.98 Å². The summed E-state index contributed by atoms with van der Waals surface area (Å²) in [5, 5.41) is 3.72. The summed E-state index contributed by atoms with van der Waals surface area (Å²) in [5.74, 6) is -0.301. The van der Waals surface area contributed by atoms with Crippen LogP contribution in [0.2, 0.25) is 10.2 Å². The van der Waals surface area contributed by atoms with Gasteiger partial charge in [-0.1, -0.05) is 53.5 Å². The zero-order valence-corrected chi connectivity index (χ0v) is 14.8. The van der Waals surface area contributed by atoms with E-state index in [4.69, 9.17) is 23.2 Å². The summed E-state index contributed by atoms with van der Waals surface area (Å²) in [5.41, 5.74) is 2.89. The first-order chi connectivity index (χ1) is 11.1. The maximum absolute atomic E-state index is 12.4. The molecule has 0 saturated carbocycles. The molecule has 2 aromatic carbocycles. The summed E-state index contributed by atoms with van der Waals surface area (Å²) >= 11 is 11.9. The third-order valence-electron chi connectivity index (χ3n) is 3.33. The minimum atomic E-state index is -0.301. The monoisotopic (exact) mass is 401 g/mol. The third-order valence-corrected chi connectivity index (χ3v) is 3.89. The molecule has 24 heavy (non-hydrogen) atoms. The summed E-state index contributed by atoms with van der Waals surface area (Å²) in [4.78, 5) is 16.3. The predicted molar refractivity (Wildman–Crippen MR) is 94.1 cm³/mol. The largest absolute Gasteiger partial charge is 0.321 e. The summed E-state index contributed by atoms with van der Waals surface area (Å²) in [6.45, 7) is 0. The van der Waals surface area contributed by atoms with E-state index in [9.17, 15) is 4.79 Å². The van der Waals surface area contributed by atoms with Crippen LogP contribution in [0, 0.1) is 0 Å². The van der Waals surface area contributed by atoms with Crippen molar-refractivity contribution in [1.82, 2.24) is 4.98 Å². The first-order valence-electron chi connectivity index (χ1n) is 6.92. The molecule has 1 radical (unpaired) electrons. The maximum atomic E-state index is 12.4. The van der Waals surface area contributed by atoms with E-state index >= 15 is 0 Å². The zero-order valence-electron chi connectivity index (χ0n) is 12.3. The van der Waals surface area contributed by atoms with Gasteiger partial charge in [0.15, 0.2) is 0 Å².